The summed E-state index contributed by atoms with van der Waals surface area (Å²) in [6, 6.07) is 10.3. The first kappa shape index (κ1) is 14.4. The zero-order valence-corrected chi connectivity index (χ0v) is 12.7. The van der Waals surface area contributed by atoms with E-state index in [0.717, 1.165) is 23.7 Å². The van der Waals surface area contributed by atoms with Crippen LogP contribution in [0.3, 0.4) is 0 Å². The van der Waals surface area contributed by atoms with Crippen molar-refractivity contribution in [1.82, 2.24) is 5.32 Å². The largest absolute Gasteiger partial charge is 0.496 e. The Labute approximate surface area is 123 Å². The molecule has 2 rings (SSSR count). The number of rotatable bonds is 6. The fraction of sp³-hybridized carbons (Fsp3) is 0.333. The molecule has 102 valence electrons. The molecule has 2 aromatic rings. The predicted molar refractivity (Wildman–Crippen MR) is 82.5 cm³/mol. The summed E-state index contributed by atoms with van der Waals surface area (Å²) in [4.78, 5) is 1.26. The van der Waals surface area contributed by atoms with Gasteiger partial charge in [0.25, 0.3) is 0 Å². The van der Waals surface area contributed by atoms with Gasteiger partial charge in [0.15, 0.2) is 0 Å². The van der Waals surface area contributed by atoms with E-state index in [1.807, 2.05) is 17.5 Å². The Hall–Kier alpha value is -1.03. The molecular formula is C15H18ClNOS. The summed E-state index contributed by atoms with van der Waals surface area (Å²) >= 11 is 7.67. The average Bonchev–Trinajstić information content (AvgIpc) is 2.90. The molecule has 1 aromatic heterocycles. The monoisotopic (exact) mass is 295 g/mol. The van der Waals surface area contributed by atoms with Crippen molar-refractivity contribution in [2.45, 2.75) is 19.4 Å². The second-order valence-electron chi connectivity index (χ2n) is 4.33. The molecule has 0 saturated heterocycles. The Bertz CT molecular complexity index is 509. The van der Waals surface area contributed by atoms with Crippen LogP contribution in [-0.4, -0.2) is 13.7 Å². The minimum atomic E-state index is 0.200. The maximum Gasteiger partial charge on any atom is 0.129 e. The molecule has 4 heteroatoms. The molecule has 1 atom stereocenters. The lowest BCUT2D eigenvalue weighted by Crippen LogP contribution is -2.22. The molecule has 0 aliphatic rings. The van der Waals surface area contributed by atoms with E-state index in [9.17, 15) is 0 Å². The lowest BCUT2D eigenvalue weighted by Gasteiger charge is -2.17. The third-order valence-corrected chi connectivity index (χ3v) is 4.15. The van der Waals surface area contributed by atoms with Crippen molar-refractivity contribution in [1.29, 1.82) is 0 Å². The van der Waals surface area contributed by atoms with E-state index in [1.54, 1.807) is 18.4 Å². The number of thiophene rings is 1. The van der Waals surface area contributed by atoms with Crippen molar-refractivity contribution >= 4 is 22.9 Å². The summed E-state index contributed by atoms with van der Waals surface area (Å²) in [6.07, 6.45) is 1.10. The summed E-state index contributed by atoms with van der Waals surface area (Å²) in [5.41, 5.74) is 1.22. The topological polar surface area (TPSA) is 21.3 Å². The van der Waals surface area contributed by atoms with E-state index < -0.39 is 0 Å². The molecule has 0 saturated carbocycles. The van der Waals surface area contributed by atoms with E-state index >= 15 is 0 Å². The van der Waals surface area contributed by atoms with Crippen molar-refractivity contribution in [2.24, 2.45) is 0 Å². The Morgan fingerprint density at radius 2 is 2.05 bits per heavy atom. The van der Waals surface area contributed by atoms with Crippen LogP contribution in [0, 0.1) is 0 Å². The second kappa shape index (κ2) is 6.94. The zero-order valence-electron chi connectivity index (χ0n) is 11.2. The van der Waals surface area contributed by atoms with Gasteiger partial charge in [0.05, 0.1) is 13.2 Å². The molecule has 1 aromatic carbocycles. The second-order valence-corrected chi connectivity index (χ2v) is 5.71. The number of methoxy groups -OCH3 is 1. The van der Waals surface area contributed by atoms with Crippen LogP contribution in [0.25, 0.3) is 0 Å². The van der Waals surface area contributed by atoms with E-state index in [-0.39, 0.29) is 6.04 Å². The maximum atomic E-state index is 5.96. The first-order valence-corrected chi connectivity index (χ1v) is 7.61. The van der Waals surface area contributed by atoms with Crippen molar-refractivity contribution in [3.8, 4) is 5.75 Å². The van der Waals surface area contributed by atoms with Crippen LogP contribution in [0.2, 0.25) is 5.02 Å². The molecule has 0 aliphatic heterocycles. The van der Waals surface area contributed by atoms with Crippen LogP contribution < -0.4 is 10.1 Å². The summed E-state index contributed by atoms with van der Waals surface area (Å²) in [7, 11) is 1.70. The van der Waals surface area contributed by atoms with Crippen molar-refractivity contribution in [3.05, 3.63) is 51.2 Å². The molecular weight excluding hydrogens is 278 g/mol. The summed E-state index contributed by atoms with van der Waals surface area (Å²) < 4.78 is 5.27. The summed E-state index contributed by atoms with van der Waals surface area (Å²) in [5.74, 6) is 0.914. The quantitative estimate of drug-likeness (QED) is 0.847. The van der Waals surface area contributed by atoms with E-state index in [1.165, 1.54) is 10.4 Å². The molecule has 1 heterocycles. The van der Waals surface area contributed by atoms with Gasteiger partial charge in [-0.1, -0.05) is 30.7 Å². The average molecular weight is 296 g/mol. The molecule has 0 spiro atoms. The number of nitrogens with one attached hydrogen (secondary N) is 1. The van der Waals surface area contributed by atoms with Crippen molar-refractivity contribution in [2.75, 3.05) is 13.7 Å². The molecule has 1 unspecified atom stereocenters. The summed E-state index contributed by atoms with van der Waals surface area (Å²) in [5, 5.41) is 6.37. The van der Waals surface area contributed by atoms with Gasteiger partial charge in [-0.2, -0.15) is 0 Å². The highest BCUT2D eigenvalue weighted by molar-refractivity contribution is 7.10. The standard InChI is InChI=1S/C15H18ClNOS/c1-3-8-17-15(11-4-6-12(16)7-5-11)14-9-13(18-2)10-19-14/h4-7,9-10,15,17H,3,8H2,1-2H3. The Kier molecular flexibility index (Phi) is 5.25. The number of ether oxygens (including phenoxy) is 1. The number of halogens is 1. The molecule has 0 bridgehead atoms. The molecule has 0 fully saturated rings. The number of hydrogen-bond acceptors (Lipinski definition) is 3. The van der Waals surface area contributed by atoms with Gasteiger partial charge in [-0.05, 0) is 36.7 Å². The van der Waals surface area contributed by atoms with Crippen molar-refractivity contribution < 1.29 is 4.74 Å². The third-order valence-electron chi connectivity index (χ3n) is 2.92. The van der Waals surface area contributed by atoms with Gasteiger partial charge in [0.2, 0.25) is 0 Å². The SMILES string of the molecule is CCCNC(c1ccc(Cl)cc1)c1cc(OC)cs1. The van der Waals surface area contributed by atoms with E-state index in [4.69, 9.17) is 16.3 Å². The molecule has 0 radical (unpaired) electrons. The van der Waals surface area contributed by atoms with Crippen LogP contribution in [0.5, 0.6) is 5.75 Å². The molecule has 19 heavy (non-hydrogen) atoms. The van der Waals surface area contributed by atoms with Crippen molar-refractivity contribution in [3.63, 3.8) is 0 Å². The predicted octanol–water partition coefficient (Wildman–Crippen LogP) is 4.50. The van der Waals surface area contributed by atoms with Crippen LogP contribution in [-0.2, 0) is 0 Å². The highest BCUT2D eigenvalue weighted by Gasteiger charge is 2.15. The first-order valence-electron chi connectivity index (χ1n) is 6.36. The molecule has 0 amide bonds. The van der Waals surface area contributed by atoms with Crippen LogP contribution in [0.1, 0.15) is 29.8 Å². The van der Waals surface area contributed by atoms with Crippen LogP contribution in [0.15, 0.2) is 35.7 Å². The lowest BCUT2D eigenvalue weighted by molar-refractivity contribution is 0.416. The van der Waals surface area contributed by atoms with Gasteiger partial charge < -0.3 is 10.1 Å². The highest BCUT2D eigenvalue weighted by Crippen LogP contribution is 2.31. The smallest absolute Gasteiger partial charge is 0.129 e. The molecule has 0 aliphatic carbocycles. The van der Waals surface area contributed by atoms with Crippen LogP contribution in [0.4, 0.5) is 0 Å². The van der Waals surface area contributed by atoms with Gasteiger partial charge in [-0.3, -0.25) is 0 Å². The fourth-order valence-corrected chi connectivity index (χ4v) is 3.00. The highest BCUT2D eigenvalue weighted by atomic mass is 35.5. The van der Waals surface area contributed by atoms with E-state index in [0.29, 0.717) is 0 Å². The van der Waals surface area contributed by atoms with Gasteiger partial charge in [-0.15, -0.1) is 11.3 Å². The first-order chi connectivity index (χ1) is 9.24. The fourth-order valence-electron chi connectivity index (χ4n) is 1.92. The Balaban J connectivity index is 2.26. The Morgan fingerprint density at radius 1 is 1.32 bits per heavy atom. The van der Waals surface area contributed by atoms with Gasteiger partial charge >= 0.3 is 0 Å². The third kappa shape index (κ3) is 3.72. The maximum absolute atomic E-state index is 5.96. The minimum absolute atomic E-state index is 0.200. The number of benzene rings is 1. The summed E-state index contributed by atoms with van der Waals surface area (Å²) in [6.45, 7) is 3.15. The normalized spacial score (nSPS) is 12.4. The lowest BCUT2D eigenvalue weighted by atomic mass is 10.1. The Morgan fingerprint density at radius 3 is 2.63 bits per heavy atom. The molecule has 1 N–H and O–H groups in total. The van der Waals surface area contributed by atoms with Crippen LogP contribution >= 0.6 is 22.9 Å². The van der Waals surface area contributed by atoms with Gasteiger partial charge in [0.1, 0.15) is 5.75 Å². The number of hydrogen-bond donors (Lipinski definition) is 1. The van der Waals surface area contributed by atoms with Gasteiger partial charge in [0, 0.05) is 15.3 Å². The molecule has 2 nitrogen and oxygen atoms in total. The minimum Gasteiger partial charge on any atom is -0.496 e. The van der Waals surface area contributed by atoms with E-state index in [2.05, 4.69) is 30.4 Å². The zero-order chi connectivity index (χ0) is 13.7. The van der Waals surface area contributed by atoms with Gasteiger partial charge in [-0.25, -0.2) is 0 Å².